The number of likely N-dealkylation sites (tertiary alicyclic amines) is 1. The number of hydrogen-bond acceptors (Lipinski definition) is 3. The smallest absolute Gasteiger partial charge is 0.0369 e. The summed E-state index contributed by atoms with van der Waals surface area (Å²) in [5.41, 5.74) is 4.50. The predicted molar refractivity (Wildman–Crippen MR) is 87.9 cm³/mol. The van der Waals surface area contributed by atoms with Gasteiger partial charge in [0.2, 0.25) is 0 Å². The normalized spacial score (nSPS) is 29.9. The Morgan fingerprint density at radius 3 is 2.95 bits per heavy atom. The van der Waals surface area contributed by atoms with Crippen LogP contribution in [-0.2, 0) is 13.0 Å². The molecule has 1 N–H and O–H groups in total. The lowest BCUT2D eigenvalue weighted by molar-refractivity contribution is 0.204. The van der Waals surface area contributed by atoms with Gasteiger partial charge in [-0.2, -0.15) is 0 Å². The number of fused-ring (bicyclic) bond motifs is 1. The van der Waals surface area contributed by atoms with E-state index in [0.717, 1.165) is 25.2 Å². The van der Waals surface area contributed by atoms with Crippen LogP contribution in [0.2, 0.25) is 0 Å². The molecular formula is C18H27N3. The summed E-state index contributed by atoms with van der Waals surface area (Å²) in [5, 5.41) is 3.46. The van der Waals surface area contributed by atoms with Gasteiger partial charge in [-0.25, -0.2) is 0 Å². The Labute approximate surface area is 128 Å². The number of hydrogen-bond donors (Lipinski definition) is 1. The second-order valence-electron chi connectivity index (χ2n) is 7.00. The highest BCUT2D eigenvalue weighted by molar-refractivity contribution is 5.52. The van der Waals surface area contributed by atoms with Crippen LogP contribution in [0.25, 0.3) is 0 Å². The zero-order valence-electron chi connectivity index (χ0n) is 13.1. The summed E-state index contributed by atoms with van der Waals surface area (Å²) in [4.78, 5) is 5.36. The summed E-state index contributed by atoms with van der Waals surface area (Å²) >= 11 is 0. The van der Waals surface area contributed by atoms with Gasteiger partial charge in [-0.3, -0.25) is 4.90 Å². The molecule has 0 saturated carbocycles. The molecule has 114 valence electrons. The fraction of sp³-hybridized carbons (Fsp3) is 0.667. The molecule has 2 atom stereocenters. The van der Waals surface area contributed by atoms with E-state index < -0.39 is 0 Å². The van der Waals surface area contributed by atoms with E-state index in [1.54, 1.807) is 5.56 Å². The van der Waals surface area contributed by atoms with Crippen LogP contribution in [0.15, 0.2) is 18.2 Å². The lowest BCUT2D eigenvalue weighted by Gasteiger charge is -2.29. The van der Waals surface area contributed by atoms with E-state index in [4.69, 9.17) is 0 Å². The fourth-order valence-corrected chi connectivity index (χ4v) is 4.41. The SMILES string of the molecule is C[C@H]1CCCN1[C@H]1CCN(c2ccc3c(c2)CCNC3)C1. The summed E-state index contributed by atoms with van der Waals surface area (Å²) < 4.78 is 0. The monoisotopic (exact) mass is 285 g/mol. The molecule has 1 aromatic carbocycles. The van der Waals surface area contributed by atoms with E-state index in [9.17, 15) is 0 Å². The third-order valence-corrected chi connectivity index (χ3v) is 5.68. The highest BCUT2D eigenvalue weighted by atomic mass is 15.3. The zero-order valence-corrected chi connectivity index (χ0v) is 13.1. The molecule has 0 aromatic heterocycles. The Morgan fingerprint density at radius 2 is 2.10 bits per heavy atom. The molecule has 2 saturated heterocycles. The van der Waals surface area contributed by atoms with E-state index >= 15 is 0 Å². The fourth-order valence-electron chi connectivity index (χ4n) is 4.41. The van der Waals surface area contributed by atoms with Gasteiger partial charge in [0.05, 0.1) is 0 Å². The van der Waals surface area contributed by atoms with Crippen LogP contribution in [0.4, 0.5) is 5.69 Å². The third kappa shape index (κ3) is 2.58. The number of benzene rings is 1. The Hall–Kier alpha value is -1.06. The Morgan fingerprint density at radius 1 is 1.14 bits per heavy atom. The standard InChI is InChI=1S/C18H27N3/c1-14-3-2-9-21(14)18-7-10-20(13-18)17-5-4-16-12-19-8-6-15(16)11-17/h4-5,11,14,18-19H,2-3,6-10,12-13H2,1H3/t14-,18-/m0/s1. The molecule has 3 nitrogen and oxygen atoms in total. The van der Waals surface area contributed by atoms with Crippen molar-refractivity contribution in [2.24, 2.45) is 0 Å². The van der Waals surface area contributed by atoms with Gasteiger partial charge >= 0.3 is 0 Å². The molecule has 0 aliphatic carbocycles. The van der Waals surface area contributed by atoms with Gasteiger partial charge in [-0.15, -0.1) is 0 Å². The first-order valence-electron chi connectivity index (χ1n) is 8.64. The first kappa shape index (κ1) is 13.6. The predicted octanol–water partition coefficient (Wildman–Crippen LogP) is 2.40. The summed E-state index contributed by atoms with van der Waals surface area (Å²) in [6, 6.07) is 8.70. The van der Waals surface area contributed by atoms with E-state index in [2.05, 4.69) is 40.2 Å². The van der Waals surface area contributed by atoms with Gasteiger partial charge in [0.25, 0.3) is 0 Å². The molecule has 2 fully saturated rings. The molecule has 3 heteroatoms. The van der Waals surface area contributed by atoms with Gasteiger partial charge in [-0.1, -0.05) is 6.07 Å². The molecule has 3 aliphatic rings. The Bertz CT molecular complexity index is 513. The van der Waals surface area contributed by atoms with E-state index in [1.807, 2.05) is 0 Å². The Kier molecular flexibility index (Phi) is 3.64. The molecule has 0 amide bonds. The lowest BCUT2D eigenvalue weighted by atomic mass is 10.0. The first-order valence-corrected chi connectivity index (χ1v) is 8.64. The number of nitrogens with one attached hydrogen (secondary N) is 1. The van der Waals surface area contributed by atoms with Gasteiger partial charge in [-0.05, 0) is 69.0 Å². The van der Waals surface area contributed by atoms with E-state index in [0.29, 0.717) is 0 Å². The number of rotatable bonds is 2. The number of nitrogens with zero attached hydrogens (tertiary/aromatic N) is 2. The van der Waals surface area contributed by atoms with Gasteiger partial charge < -0.3 is 10.2 Å². The highest BCUT2D eigenvalue weighted by Gasteiger charge is 2.33. The summed E-state index contributed by atoms with van der Waals surface area (Å²) in [7, 11) is 0. The van der Waals surface area contributed by atoms with E-state index in [-0.39, 0.29) is 0 Å². The third-order valence-electron chi connectivity index (χ3n) is 5.68. The van der Waals surface area contributed by atoms with Crippen molar-refractivity contribution in [2.75, 3.05) is 31.1 Å². The van der Waals surface area contributed by atoms with E-state index in [1.165, 1.54) is 56.6 Å². The molecule has 0 spiro atoms. The average Bonchev–Trinajstić information content (AvgIpc) is 3.15. The maximum atomic E-state index is 3.46. The van der Waals surface area contributed by atoms with Gasteiger partial charge in [0.1, 0.15) is 0 Å². The maximum absolute atomic E-state index is 3.46. The lowest BCUT2D eigenvalue weighted by Crippen LogP contribution is -2.39. The molecule has 0 unspecified atom stereocenters. The first-order chi connectivity index (χ1) is 10.3. The van der Waals surface area contributed by atoms with Crippen LogP contribution in [0.5, 0.6) is 0 Å². The minimum atomic E-state index is 0.778. The van der Waals surface area contributed by atoms with Crippen LogP contribution in [0, 0.1) is 0 Å². The second kappa shape index (κ2) is 5.62. The molecule has 1 aromatic rings. The van der Waals surface area contributed by atoms with Gasteiger partial charge in [0.15, 0.2) is 0 Å². The molecule has 21 heavy (non-hydrogen) atoms. The summed E-state index contributed by atoms with van der Waals surface area (Å²) in [5.74, 6) is 0. The molecular weight excluding hydrogens is 258 g/mol. The topological polar surface area (TPSA) is 18.5 Å². The van der Waals surface area contributed by atoms with Crippen molar-refractivity contribution in [1.82, 2.24) is 10.2 Å². The molecule has 0 radical (unpaired) electrons. The van der Waals surface area contributed by atoms with Crippen molar-refractivity contribution >= 4 is 5.69 Å². The largest absolute Gasteiger partial charge is 0.370 e. The van der Waals surface area contributed by atoms with Gasteiger partial charge in [0, 0.05) is 37.4 Å². The molecule has 0 bridgehead atoms. The van der Waals surface area contributed by atoms with Crippen molar-refractivity contribution in [3.05, 3.63) is 29.3 Å². The van der Waals surface area contributed by atoms with Crippen molar-refractivity contribution < 1.29 is 0 Å². The molecule has 3 aliphatic heterocycles. The molecule has 4 rings (SSSR count). The Balaban J connectivity index is 1.48. The van der Waals surface area contributed by atoms with Crippen LogP contribution in [-0.4, -0.2) is 43.2 Å². The van der Waals surface area contributed by atoms with Crippen molar-refractivity contribution in [1.29, 1.82) is 0 Å². The molecule has 3 heterocycles. The van der Waals surface area contributed by atoms with Crippen molar-refractivity contribution in [2.45, 2.75) is 51.2 Å². The average molecular weight is 285 g/mol. The minimum absolute atomic E-state index is 0.778. The quantitative estimate of drug-likeness (QED) is 0.900. The summed E-state index contributed by atoms with van der Waals surface area (Å²) in [6.07, 6.45) is 5.30. The highest BCUT2D eigenvalue weighted by Crippen LogP contribution is 2.29. The van der Waals surface area contributed by atoms with Crippen molar-refractivity contribution in [3.8, 4) is 0 Å². The maximum Gasteiger partial charge on any atom is 0.0369 e. The van der Waals surface area contributed by atoms with Crippen LogP contribution in [0.1, 0.15) is 37.3 Å². The van der Waals surface area contributed by atoms with Crippen LogP contribution < -0.4 is 10.2 Å². The number of anilines is 1. The minimum Gasteiger partial charge on any atom is -0.370 e. The summed E-state index contributed by atoms with van der Waals surface area (Å²) in [6.45, 7) is 8.34. The zero-order chi connectivity index (χ0) is 14.2. The van der Waals surface area contributed by atoms with Crippen LogP contribution in [0.3, 0.4) is 0 Å². The van der Waals surface area contributed by atoms with Crippen molar-refractivity contribution in [3.63, 3.8) is 0 Å². The van der Waals surface area contributed by atoms with Crippen LogP contribution >= 0.6 is 0 Å². The second-order valence-corrected chi connectivity index (χ2v) is 7.00.